The first-order valence-electron chi connectivity index (χ1n) is 6.46. The molecule has 2 nitrogen and oxygen atoms in total. The van der Waals surface area contributed by atoms with Crippen LogP contribution in [0.3, 0.4) is 0 Å². The van der Waals surface area contributed by atoms with Crippen LogP contribution in [0.25, 0.3) is 0 Å². The van der Waals surface area contributed by atoms with Crippen molar-refractivity contribution in [2.75, 3.05) is 13.6 Å². The number of hydrogen-bond donors (Lipinski definition) is 2. The summed E-state index contributed by atoms with van der Waals surface area (Å²) in [5.74, 6) is 0.884. The Hall–Kier alpha value is -0.0800. The van der Waals surface area contributed by atoms with E-state index in [2.05, 4.69) is 26.2 Å². The molecule has 3 N–H and O–H groups in total. The third-order valence-electron chi connectivity index (χ3n) is 3.91. The molecule has 0 aliphatic heterocycles. The van der Waals surface area contributed by atoms with Crippen molar-refractivity contribution in [3.05, 3.63) is 0 Å². The minimum atomic E-state index is 0.283. The summed E-state index contributed by atoms with van der Waals surface area (Å²) in [6.45, 7) is 5.35. The molecule has 1 fully saturated rings. The predicted octanol–water partition coefficient (Wildman–Crippen LogP) is 2.53. The summed E-state index contributed by atoms with van der Waals surface area (Å²) in [7, 11) is 2.10. The maximum Gasteiger partial charge on any atom is 0.00978 e. The first-order valence-corrected chi connectivity index (χ1v) is 6.46. The molecule has 1 aliphatic carbocycles. The van der Waals surface area contributed by atoms with E-state index < -0.39 is 0 Å². The van der Waals surface area contributed by atoms with E-state index in [1.165, 1.54) is 38.5 Å². The van der Waals surface area contributed by atoms with E-state index in [0.29, 0.717) is 6.04 Å². The molecule has 0 amide bonds. The Kier molecular flexibility index (Phi) is 5.07. The average Bonchev–Trinajstić information content (AvgIpc) is 2.27. The highest BCUT2D eigenvalue weighted by Gasteiger charge is 2.27. The van der Waals surface area contributed by atoms with Crippen LogP contribution in [0.5, 0.6) is 0 Å². The van der Waals surface area contributed by atoms with E-state index >= 15 is 0 Å². The van der Waals surface area contributed by atoms with E-state index in [4.69, 9.17) is 5.73 Å². The van der Waals surface area contributed by atoms with Gasteiger partial charge in [-0.05, 0) is 44.2 Å². The van der Waals surface area contributed by atoms with Gasteiger partial charge >= 0.3 is 0 Å². The Balaban J connectivity index is 2.46. The highest BCUT2D eigenvalue weighted by molar-refractivity contribution is 4.84. The number of nitrogens with two attached hydrogens (primary N) is 1. The lowest BCUT2D eigenvalue weighted by molar-refractivity contribution is 0.206. The van der Waals surface area contributed by atoms with Gasteiger partial charge in [-0.25, -0.2) is 0 Å². The zero-order chi connectivity index (χ0) is 11.3. The molecule has 1 rings (SSSR count). The highest BCUT2D eigenvalue weighted by Crippen LogP contribution is 2.32. The Morgan fingerprint density at radius 1 is 1.27 bits per heavy atom. The molecule has 0 aromatic carbocycles. The normalized spacial score (nSPS) is 21.6. The Morgan fingerprint density at radius 3 is 2.33 bits per heavy atom. The summed E-state index contributed by atoms with van der Waals surface area (Å²) in [4.78, 5) is 0. The molecule has 2 heteroatoms. The fraction of sp³-hybridized carbons (Fsp3) is 1.00. The van der Waals surface area contributed by atoms with Crippen LogP contribution >= 0.6 is 0 Å². The maximum absolute atomic E-state index is 5.81. The molecule has 0 aromatic heterocycles. The van der Waals surface area contributed by atoms with Gasteiger partial charge in [0.1, 0.15) is 0 Å². The Bertz CT molecular complexity index is 171. The highest BCUT2D eigenvalue weighted by atomic mass is 14.9. The molecule has 1 atom stereocenters. The molecule has 0 heterocycles. The first-order chi connectivity index (χ1) is 7.09. The third kappa shape index (κ3) is 4.12. The number of nitrogens with one attached hydrogen (secondary N) is 1. The van der Waals surface area contributed by atoms with Crippen LogP contribution in [0.4, 0.5) is 0 Å². The van der Waals surface area contributed by atoms with Crippen LogP contribution in [0.15, 0.2) is 0 Å². The van der Waals surface area contributed by atoms with E-state index in [-0.39, 0.29) is 5.41 Å². The van der Waals surface area contributed by atoms with E-state index in [9.17, 15) is 0 Å². The monoisotopic (exact) mass is 212 g/mol. The second kappa shape index (κ2) is 5.86. The van der Waals surface area contributed by atoms with Crippen molar-refractivity contribution in [2.24, 2.45) is 17.1 Å². The maximum atomic E-state index is 5.81. The lowest BCUT2D eigenvalue weighted by Gasteiger charge is -2.35. The summed E-state index contributed by atoms with van der Waals surface area (Å²) in [5, 5.41) is 3.51. The molecule has 0 spiro atoms. The van der Waals surface area contributed by atoms with Crippen molar-refractivity contribution in [3.8, 4) is 0 Å². The minimum Gasteiger partial charge on any atom is -0.330 e. The van der Waals surface area contributed by atoms with Gasteiger partial charge in [0.2, 0.25) is 0 Å². The molecule has 0 bridgehead atoms. The van der Waals surface area contributed by atoms with Crippen molar-refractivity contribution < 1.29 is 0 Å². The Morgan fingerprint density at radius 2 is 1.87 bits per heavy atom. The smallest absolute Gasteiger partial charge is 0.00978 e. The van der Waals surface area contributed by atoms with Crippen LogP contribution in [0.2, 0.25) is 0 Å². The van der Waals surface area contributed by atoms with Crippen molar-refractivity contribution >= 4 is 0 Å². The number of rotatable bonds is 5. The largest absolute Gasteiger partial charge is 0.330 e. The van der Waals surface area contributed by atoms with Crippen LogP contribution in [0, 0.1) is 11.3 Å². The van der Waals surface area contributed by atoms with Gasteiger partial charge in [0.05, 0.1) is 0 Å². The van der Waals surface area contributed by atoms with Crippen LogP contribution in [-0.4, -0.2) is 19.6 Å². The van der Waals surface area contributed by atoms with Crippen molar-refractivity contribution in [3.63, 3.8) is 0 Å². The van der Waals surface area contributed by atoms with Gasteiger partial charge < -0.3 is 11.1 Å². The third-order valence-corrected chi connectivity index (χ3v) is 3.91. The van der Waals surface area contributed by atoms with Gasteiger partial charge in [0.25, 0.3) is 0 Å². The van der Waals surface area contributed by atoms with Crippen LogP contribution in [-0.2, 0) is 0 Å². The summed E-state index contributed by atoms with van der Waals surface area (Å²) >= 11 is 0. The van der Waals surface area contributed by atoms with Gasteiger partial charge in [-0.15, -0.1) is 0 Å². The van der Waals surface area contributed by atoms with Crippen molar-refractivity contribution in [2.45, 2.75) is 58.4 Å². The second-order valence-corrected chi connectivity index (χ2v) is 5.87. The molecular weight excluding hydrogens is 184 g/mol. The molecule has 1 aliphatic rings. The van der Waals surface area contributed by atoms with Crippen molar-refractivity contribution in [1.82, 2.24) is 5.32 Å². The van der Waals surface area contributed by atoms with Gasteiger partial charge in [0.15, 0.2) is 0 Å². The van der Waals surface area contributed by atoms with Crippen LogP contribution in [0.1, 0.15) is 52.4 Å². The topological polar surface area (TPSA) is 38.0 Å². The second-order valence-electron chi connectivity index (χ2n) is 5.87. The predicted molar refractivity (Wildman–Crippen MR) is 66.9 cm³/mol. The van der Waals surface area contributed by atoms with E-state index in [0.717, 1.165) is 12.5 Å². The molecule has 15 heavy (non-hydrogen) atoms. The molecule has 0 saturated heterocycles. The fourth-order valence-electron chi connectivity index (χ4n) is 2.72. The van der Waals surface area contributed by atoms with Gasteiger partial charge in [-0.3, -0.25) is 0 Å². The molecular formula is C13H28N2. The van der Waals surface area contributed by atoms with E-state index in [1.54, 1.807) is 0 Å². The number of hydrogen-bond acceptors (Lipinski definition) is 2. The van der Waals surface area contributed by atoms with E-state index in [1.807, 2.05) is 0 Å². The Labute approximate surface area is 95.0 Å². The SMILES string of the molecule is CNC(CC(C)(C)CN)C1CCCCC1. The van der Waals surface area contributed by atoms with Crippen molar-refractivity contribution in [1.29, 1.82) is 0 Å². The molecule has 1 unspecified atom stereocenters. The summed E-state index contributed by atoms with van der Waals surface area (Å²) < 4.78 is 0. The van der Waals surface area contributed by atoms with Gasteiger partial charge in [-0.1, -0.05) is 33.1 Å². The summed E-state index contributed by atoms with van der Waals surface area (Å²) in [6.07, 6.45) is 8.31. The quantitative estimate of drug-likeness (QED) is 0.735. The summed E-state index contributed by atoms with van der Waals surface area (Å²) in [5.41, 5.74) is 6.09. The standard InChI is InChI=1S/C13H28N2/c1-13(2,10-14)9-12(15-3)11-7-5-4-6-8-11/h11-12,15H,4-10,14H2,1-3H3. The van der Waals surface area contributed by atoms with Gasteiger partial charge in [-0.2, -0.15) is 0 Å². The lowest BCUT2D eigenvalue weighted by atomic mass is 9.76. The molecule has 0 radical (unpaired) electrons. The lowest BCUT2D eigenvalue weighted by Crippen LogP contribution is -2.40. The zero-order valence-corrected chi connectivity index (χ0v) is 10.7. The molecule has 1 saturated carbocycles. The molecule has 0 aromatic rings. The zero-order valence-electron chi connectivity index (χ0n) is 10.7. The first kappa shape index (κ1) is 13.0. The van der Waals surface area contributed by atoms with Crippen LogP contribution < -0.4 is 11.1 Å². The average molecular weight is 212 g/mol. The minimum absolute atomic E-state index is 0.283. The van der Waals surface area contributed by atoms with Gasteiger partial charge in [0, 0.05) is 6.04 Å². The fourth-order valence-corrected chi connectivity index (χ4v) is 2.72. The summed E-state index contributed by atoms with van der Waals surface area (Å²) in [6, 6.07) is 0.670. The molecule has 90 valence electrons.